The van der Waals surface area contributed by atoms with Crippen LogP contribution in [0.2, 0.25) is 0 Å². The van der Waals surface area contributed by atoms with Crippen molar-refractivity contribution in [3.05, 3.63) is 27.8 Å². The van der Waals surface area contributed by atoms with Crippen molar-refractivity contribution in [3.63, 3.8) is 0 Å². The van der Waals surface area contributed by atoms with Gasteiger partial charge in [-0.2, -0.15) is 0 Å². The number of hydrogen-bond acceptors (Lipinski definition) is 7. The van der Waals surface area contributed by atoms with Gasteiger partial charge in [-0.3, -0.25) is 19.7 Å². The van der Waals surface area contributed by atoms with Crippen LogP contribution in [0.4, 0.5) is 5.69 Å². The van der Waals surface area contributed by atoms with Crippen molar-refractivity contribution in [3.8, 4) is 11.5 Å². The van der Waals surface area contributed by atoms with E-state index in [1.807, 2.05) is 0 Å². The lowest BCUT2D eigenvalue weighted by Gasteiger charge is -2.15. The van der Waals surface area contributed by atoms with Gasteiger partial charge in [0.15, 0.2) is 11.5 Å². The van der Waals surface area contributed by atoms with E-state index >= 15 is 0 Å². The molecular weight excluding hydrogens is 360 g/mol. The molecule has 2 atom stereocenters. The van der Waals surface area contributed by atoms with E-state index in [-0.39, 0.29) is 36.3 Å². The Morgan fingerprint density at radius 3 is 2.56 bits per heavy atom. The molecule has 27 heavy (non-hydrogen) atoms. The Morgan fingerprint density at radius 2 is 2.00 bits per heavy atom. The molecule has 10 nitrogen and oxygen atoms in total. The second-order valence-corrected chi connectivity index (χ2v) is 6.14. The van der Waals surface area contributed by atoms with E-state index in [9.17, 15) is 19.7 Å². The predicted molar refractivity (Wildman–Crippen MR) is 93.3 cm³/mol. The molecule has 10 heteroatoms. The molecule has 0 saturated heterocycles. The summed E-state index contributed by atoms with van der Waals surface area (Å²) >= 11 is 0. The van der Waals surface area contributed by atoms with Crippen LogP contribution in [0, 0.1) is 16.0 Å². The molecule has 1 saturated carbocycles. The zero-order chi connectivity index (χ0) is 20.0. The number of nitrogens with one attached hydrogen (secondary N) is 1. The molecule has 1 amide bonds. The maximum Gasteiger partial charge on any atom is 0.306 e. The van der Waals surface area contributed by atoms with Gasteiger partial charge >= 0.3 is 5.97 Å². The van der Waals surface area contributed by atoms with Gasteiger partial charge < -0.3 is 24.6 Å². The number of carboxylic acid groups (broad SMARTS) is 1. The smallest absolute Gasteiger partial charge is 0.306 e. The van der Waals surface area contributed by atoms with Gasteiger partial charge in [0.2, 0.25) is 0 Å². The van der Waals surface area contributed by atoms with E-state index in [1.54, 1.807) is 0 Å². The Labute approximate surface area is 155 Å². The summed E-state index contributed by atoms with van der Waals surface area (Å²) in [6, 6.07) is 2.04. The average Bonchev–Trinajstić information content (AvgIpc) is 3.10. The Kier molecular flexibility index (Phi) is 6.94. The highest BCUT2D eigenvalue weighted by atomic mass is 16.6. The number of nitro benzene ring substituents is 1. The fraction of sp³-hybridized carbons (Fsp3) is 0.529. The molecule has 1 aromatic carbocycles. The average molecular weight is 382 g/mol. The van der Waals surface area contributed by atoms with Crippen LogP contribution in [-0.4, -0.2) is 55.4 Å². The normalized spacial score (nSPS) is 18.7. The summed E-state index contributed by atoms with van der Waals surface area (Å²) < 4.78 is 15.5. The lowest BCUT2D eigenvalue weighted by atomic mass is 10.1. The summed E-state index contributed by atoms with van der Waals surface area (Å²) in [4.78, 5) is 34.3. The van der Waals surface area contributed by atoms with Crippen LogP contribution in [0.25, 0.3) is 0 Å². The molecular formula is C17H22N2O8. The molecule has 1 fully saturated rings. The number of benzene rings is 1. The summed E-state index contributed by atoms with van der Waals surface area (Å²) in [5.41, 5.74) is -0.594. The first-order chi connectivity index (χ1) is 12.9. The van der Waals surface area contributed by atoms with Crippen LogP contribution in [0.1, 0.15) is 29.6 Å². The van der Waals surface area contributed by atoms with Crippen LogP contribution >= 0.6 is 0 Å². The highest BCUT2D eigenvalue weighted by molar-refractivity contribution is 5.99. The minimum Gasteiger partial charge on any atom is -0.493 e. The standard InChI is InChI=1S/C17H22N2O8/c1-25-5-6-27-15-9-13(19(23)24)12(8-14(15)26-2)16(20)18-11-4-3-10(7-11)17(21)22/h8-11H,3-7H2,1-2H3,(H,18,20)(H,21,22)/t10-,11+/m0/s1. The van der Waals surface area contributed by atoms with Gasteiger partial charge in [-0.1, -0.05) is 0 Å². The first kappa shape index (κ1) is 20.4. The minimum absolute atomic E-state index is 0.129. The number of nitrogens with zero attached hydrogens (tertiary/aromatic N) is 1. The van der Waals surface area contributed by atoms with E-state index in [1.165, 1.54) is 20.3 Å². The Hall–Kier alpha value is -2.88. The van der Waals surface area contributed by atoms with Crippen molar-refractivity contribution in [2.45, 2.75) is 25.3 Å². The van der Waals surface area contributed by atoms with Gasteiger partial charge in [0.05, 0.1) is 30.6 Å². The number of aliphatic carboxylic acids is 1. The van der Waals surface area contributed by atoms with Crippen molar-refractivity contribution in [2.24, 2.45) is 5.92 Å². The first-order valence-corrected chi connectivity index (χ1v) is 8.39. The van der Waals surface area contributed by atoms with E-state index < -0.39 is 28.4 Å². The van der Waals surface area contributed by atoms with E-state index in [4.69, 9.17) is 19.3 Å². The minimum atomic E-state index is -0.906. The molecule has 0 spiro atoms. The highest BCUT2D eigenvalue weighted by Gasteiger charge is 2.32. The number of methoxy groups -OCH3 is 2. The van der Waals surface area contributed by atoms with Crippen molar-refractivity contribution in [1.29, 1.82) is 0 Å². The largest absolute Gasteiger partial charge is 0.493 e. The molecule has 148 valence electrons. The summed E-state index contributed by atoms with van der Waals surface area (Å²) in [6.45, 7) is 0.444. The third-order valence-electron chi connectivity index (χ3n) is 4.39. The number of carbonyl (C=O) groups is 2. The quantitative estimate of drug-likeness (QED) is 0.373. The predicted octanol–water partition coefficient (Wildman–Crippen LogP) is 1.61. The van der Waals surface area contributed by atoms with Crippen LogP contribution in [0.3, 0.4) is 0 Å². The maximum absolute atomic E-state index is 12.6. The molecule has 1 aliphatic carbocycles. The second-order valence-electron chi connectivity index (χ2n) is 6.14. The molecule has 0 radical (unpaired) electrons. The van der Waals surface area contributed by atoms with Gasteiger partial charge in [-0.15, -0.1) is 0 Å². The summed E-state index contributed by atoms with van der Waals surface area (Å²) in [5.74, 6) is -1.77. The first-order valence-electron chi connectivity index (χ1n) is 8.39. The van der Waals surface area contributed by atoms with Crippen LogP contribution in [0.5, 0.6) is 11.5 Å². The number of nitro groups is 1. The molecule has 0 aromatic heterocycles. The van der Waals surface area contributed by atoms with Crippen molar-refractivity contribution in [1.82, 2.24) is 5.32 Å². The van der Waals surface area contributed by atoms with Crippen LogP contribution in [-0.2, 0) is 9.53 Å². The van der Waals surface area contributed by atoms with Gasteiger partial charge in [-0.05, 0) is 19.3 Å². The Morgan fingerprint density at radius 1 is 1.26 bits per heavy atom. The van der Waals surface area contributed by atoms with E-state index in [0.717, 1.165) is 6.07 Å². The van der Waals surface area contributed by atoms with Crippen LogP contribution < -0.4 is 14.8 Å². The zero-order valence-corrected chi connectivity index (χ0v) is 15.1. The monoisotopic (exact) mass is 382 g/mol. The number of carbonyl (C=O) groups excluding carboxylic acids is 1. The third kappa shape index (κ3) is 5.07. The number of amides is 1. The molecule has 0 unspecified atom stereocenters. The lowest BCUT2D eigenvalue weighted by molar-refractivity contribution is -0.385. The van der Waals surface area contributed by atoms with E-state index in [0.29, 0.717) is 19.3 Å². The second kappa shape index (κ2) is 9.17. The lowest BCUT2D eigenvalue weighted by Crippen LogP contribution is -2.33. The van der Waals surface area contributed by atoms with Crippen LogP contribution in [0.15, 0.2) is 12.1 Å². The Balaban J connectivity index is 2.22. The van der Waals surface area contributed by atoms with Crippen molar-refractivity contribution < 1.29 is 33.8 Å². The van der Waals surface area contributed by atoms with Gasteiger partial charge in [0.1, 0.15) is 12.2 Å². The van der Waals surface area contributed by atoms with Crippen molar-refractivity contribution in [2.75, 3.05) is 27.4 Å². The SMILES string of the molecule is COCCOc1cc([N+](=O)[O-])c(C(=O)N[C@@H]2CC[C@H](C(=O)O)C2)cc1OC. The third-order valence-corrected chi connectivity index (χ3v) is 4.39. The van der Waals surface area contributed by atoms with Gasteiger partial charge in [0.25, 0.3) is 11.6 Å². The van der Waals surface area contributed by atoms with Crippen molar-refractivity contribution >= 4 is 17.6 Å². The molecule has 0 aliphatic heterocycles. The van der Waals surface area contributed by atoms with E-state index in [2.05, 4.69) is 5.32 Å². The van der Waals surface area contributed by atoms with Gasteiger partial charge in [0, 0.05) is 19.2 Å². The number of rotatable bonds is 9. The molecule has 2 rings (SSSR count). The summed E-state index contributed by atoms with van der Waals surface area (Å²) in [7, 11) is 2.86. The zero-order valence-electron chi connectivity index (χ0n) is 15.1. The molecule has 1 aliphatic rings. The van der Waals surface area contributed by atoms with Gasteiger partial charge in [-0.25, -0.2) is 0 Å². The molecule has 2 N–H and O–H groups in total. The number of ether oxygens (including phenoxy) is 3. The molecule has 1 aromatic rings. The maximum atomic E-state index is 12.6. The Bertz CT molecular complexity index is 721. The number of hydrogen-bond donors (Lipinski definition) is 2. The highest BCUT2D eigenvalue weighted by Crippen LogP contribution is 2.35. The summed E-state index contributed by atoms with van der Waals surface area (Å²) in [6.07, 6.45) is 1.26. The topological polar surface area (TPSA) is 137 Å². The molecule has 0 bridgehead atoms. The fourth-order valence-electron chi connectivity index (χ4n) is 2.99. The molecule has 0 heterocycles. The number of carboxylic acids is 1. The fourth-order valence-corrected chi connectivity index (χ4v) is 2.99. The summed E-state index contributed by atoms with van der Waals surface area (Å²) in [5, 5.41) is 23.1.